The third-order valence-electron chi connectivity index (χ3n) is 7.16. The average molecular weight is 759 g/mol. The Hall–Kier alpha value is -7.78. The number of alkyl halides is 2. The number of rotatable bonds is 13. The van der Waals surface area contributed by atoms with E-state index >= 15 is 0 Å². The van der Waals surface area contributed by atoms with Crippen LogP contribution in [0.5, 0.6) is 0 Å². The van der Waals surface area contributed by atoms with Gasteiger partial charge < -0.3 is 33.6 Å². The minimum atomic E-state index is -3.05. The highest BCUT2D eigenvalue weighted by Crippen LogP contribution is 2.25. The number of halogens is 2. The Morgan fingerprint density at radius 1 is 0.491 bits per heavy atom. The van der Waals surface area contributed by atoms with Gasteiger partial charge in [-0.2, -0.15) is 20.4 Å². The summed E-state index contributed by atoms with van der Waals surface area (Å²) in [6.45, 7) is 6.41. The van der Waals surface area contributed by atoms with Crippen molar-refractivity contribution in [3.63, 3.8) is 0 Å². The molecule has 0 unspecified atom stereocenters. The SMILES string of the molecule is C/C(=N/NC(=N)N)c1cc(NC(=O)c2cc(C(=O)Nc3cc(/C(C)=N\NC(=N)N)cc(/C(C)=N/NC(=N)N)c3)cc(C(F)F)c2)cc(/C(C)=N\NC(=N)N)c1. The van der Waals surface area contributed by atoms with Crippen molar-refractivity contribution < 1.29 is 18.4 Å². The van der Waals surface area contributed by atoms with Crippen molar-refractivity contribution in [2.75, 3.05) is 10.6 Å². The zero-order chi connectivity index (χ0) is 41.0. The summed E-state index contributed by atoms with van der Waals surface area (Å²) in [6, 6.07) is 12.5. The van der Waals surface area contributed by atoms with Crippen LogP contribution in [0, 0.1) is 21.6 Å². The van der Waals surface area contributed by atoms with E-state index in [1.54, 1.807) is 39.8 Å². The van der Waals surface area contributed by atoms with E-state index in [0.29, 0.717) is 45.1 Å². The fourth-order valence-electron chi connectivity index (χ4n) is 4.52. The quantitative estimate of drug-likeness (QED) is 0.0682. The van der Waals surface area contributed by atoms with Gasteiger partial charge in [0.15, 0.2) is 0 Å². The summed E-state index contributed by atoms with van der Waals surface area (Å²) in [7, 11) is 0. The van der Waals surface area contributed by atoms with Crippen molar-refractivity contribution >= 4 is 69.9 Å². The molecule has 0 radical (unpaired) electrons. The van der Waals surface area contributed by atoms with Crippen molar-refractivity contribution in [2.45, 2.75) is 34.1 Å². The molecule has 20 nitrogen and oxygen atoms in total. The van der Waals surface area contributed by atoms with Crippen molar-refractivity contribution in [3.05, 3.63) is 93.5 Å². The van der Waals surface area contributed by atoms with Crippen LogP contribution in [0.15, 0.2) is 75.0 Å². The van der Waals surface area contributed by atoms with Gasteiger partial charge >= 0.3 is 0 Å². The van der Waals surface area contributed by atoms with Gasteiger partial charge in [-0.25, -0.2) is 30.5 Å². The molecular weight excluding hydrogens is 718 g/mol. The summed E-state index contributed by atoms with van der Waals surface area (Å²) in [6.07, 6.45) is -3.05. The van der Waals surface area contributed by atoms with Crippen molar-refractivity contribution in [2.24, 2.45) is 43.3 Å². The van der Waals surface area contributed by atoms with Gasteiger partial charge in [0.1, 0.15) is 0 Å². The molecule has 0 aliphatic carbocycles. The van der Waals surface area contributed by atoms with Gasteiger partial charge in [0.05, 0.1) is 22.8 Å². The molecule has 0 fully saturated rings. The second kappa shape index (κ2) is 18.6. The number of nitrogens with zero attached hydrogens (tertiary/aromatic N) is 4. The van der Waals surface area contributed by atoms with Crippen LogP contribution < -0.4 is 55.3 Å². The number of guanidine groups is 4. The number of nitrogens with two attached hydrogens (primary N) is 4. The molecule has 0 aliphatic heterocycles. The molecule has 0 aromatic heterocycles. The molecule has 22 heteroatoms. The smallest absolute Gasteiger partial charge is 0.263 e. The summed E-state index contributed by atoms with van der Waals surface area (Å²) in [4.78, 5) is 27.2. The Balaban J connectivity index is 2.06. The molecule has 55 heavy (non-hydrogen) atoms. The Morgan fingerprint density at radius 3 is 0.982 bits per heavy atom. The monoisotopic (exact) mass is 758 g/mol. The van der Waals surface area contributed by atoms with E-state index in [1.807, 2.05) is 0 Å². The highest BCUT2D eigenvalue weighted by molar-refractivity contribution is 6.12. The number of hydrazone groups is 4. The first-order chi connectivity index (χ1) is 25.8. The summed E-state index contributed by atoms with van der Waals surface area (Å²) in [5, 5.41) is 50.9. The zero-order valence-electron chi connectivity index (χ0n) is 29.9. The van der Waals surface area contributed by atoms with Crippen LogP contribution in [0.2, 0.25) is 0 Å². The lowest BCUT2D eigenvalue weighted by molar-refractivity contribution is 0.102. The number of benzene rings is 3. The number of carbonyl (C=O) groups excluding carboxylic acids is 2. The molecule has 3 aromatic rings. The Kier molecular flexibility index (Phi) is 14.1. The Bertz CT molecular complexity index is 1910. The topological polar surface area (TPSA) is 355 Å². The normalized spacial score (nSPS) is 12.1. The van der Waals surface area contributed by atoms with Crippen LogP contribution in [-0.4, -0.2) is 58.5 Å². The van der Waals surface area contributed by atoms with Crippen molar-refractivity contribution in [1.29, 1.82) is 21.6 Å². The molecule has 0 bridgehead atoms. The second-order valence-corrected chi connectivity index (χ2v) is 11.5. The maximum absolute atomic E-state index is 14.2. The summed E-state index contributed by atoms with van der Waals surface area (Å²) < 4.78 is 28.3. The van der Waals surface area contributed by atoms with E-state index in [2.05, 4.69) is 52.7 Å². The minimum absolute atomic E-state index is 0.178. The molecule has 0 spiro atoms. The van der Waals surface area contributed by atoms with Crippen LogP contribution in [0.3, 0.4) is 0 Å². The first-order valence-corrected chi connectivity index (χ1v) is 15.8. The lowest BCUT2D eigenvalue weighted by atomic mass is 10.0. The van der Waals surface area contributed by atoms with Gasteiger partial charge in [0, 0.05) is 50.3 Å². The molecule has 0 heterocycles. The van der Waals surface area contributed by atoms with Gasteiger partial charge in [0.2, 0.25) is 23.8 Å². The van der Waals surface area contributed by atoms with E-state index < -0.39 is 47.6 Å². The van der Waals surface area contributed by atoms with Crippen LogP contribution in [0.1, 0.15) is 82.7 Å². The van der Waals surface area contributed by atoms with Crippen LogP contribution in [-0.2, 0) is 0 Å². The van der Waals surface area contributed by atoms with Crippen molar-refractivity contribution in [3.8, 4) is 0 Å². The van der Waals surface area contributed by atoms with Crippen molar-refractivity contribution in [1.82, 2.24) is 21.7 Å². The number of carbonyl (C=O) groups is 2. The first kappa shape index (κ1) is 41.6. The highest BCUT2D eigenvalue weighted by atomic mass is 19.3. The summed E-state index contributed by atoms with van der Waals surface area (Å²) >= 11 is 0. The summed E-state index contributed by atoms with van der Waals surface area (Å²) in [5.74, 6) is -3.36. The molecule has 0 saturated heterocycles. The molecule has 288 valence electrons. The van der Waals surface area contributed by atoms with Gasteiger partial charge in [-0.05, 0) is 82.3 Å². The van der Waals surface area contributed by atoms with E-state index in [1.165, 1.54) is 24.3 Å². The van der Waals surface area contributed by atoms with E-state index in [0.717, 1.165) is 18.2 Å². The molecule has 3 aromatic carbocycles. The molecule has 0 atom stereocenters. The Labute approximate surface area is 313 Å². The number of hydrogen-bond acceptors (Lipinski definition) is 10. The van der Waals surface area contributed by atoms with Gasteiger partial charge in [0.25, 0.3) is 18.2 Å². The van der Waals surface area contributed by atoms with Gasteiger partial charge in [-0.1, -0.05) is 0 Å². The molecule has 3 rings (SSSR count). The average Bonchev–Trinajstić information content (AvgIpc) is 3.13. The zero-order valence-corrected chi connectivity index (χ0v) is 29.9. The molecule has 18 N–H and O–H groups in total. The third kappa shape index (κ3) is 12.7. The first-order valence-electron chi connectivity index (χ1n) is 15.8. The molecule has 0 aliphatic rings. The van der Waals surface area contributed by atoms with Crippen LogP contribution in [0.25, 0.3) is 0 Å². The number of anilines is 2. The maximum atomic E-state index is 14.2. The lowest BCUT2D eigenvalue weighted by Crippen LogP contribution is -2.27. The van der Waals surface area contributed by atoms with Crippen LogP contribution >= 0.6 is 0 Å². The number of hydrogen-bond donors (Lipinski definition) is 14. The standard InChI is InChI=1S/C33H40F2N18O2/c1-14(46-50-30(36)37)18-5-19(15(2)47-51-31(38)39)11-25(10-18)44-28(54)23-7-22(27(34)35)8-24(9-23)29(55)45-26-12-20(16(3)48-52-32(40)41)6-21(13-26)17(4)49-53-33(42)43/h5-13,27H,1-4H3,(H,44,54)(H,45,55)(H4,36,37,50)(H4,38,39,51)(H4,40,41,52)(H4,42,43,53)/b46-14-,47-15-,48-16-,49-17+. The fourth-order valence-corrected chi connectivity index (χ4v) is 4.52. The van der Waals surface area contributed by atoms with Crippen LogP contribution in [0.4, 0.5) is 20.2 Å². The molecular formula is C33H40F2N18O2. The predicted molar refractivity (Wildman–Crippen MR) is 209 cm³/mol. The van der Waals surface area contributed by atoms with E-state index in [4.69, 9.17) is 44.6 Å². The molecule has 0 saturated carbocycles. The van der Waals surface area contributed by atoms with E-state index in [9.17, 15) is 18.4 Å². The van der Waals surface area contributed by atoms with Gasteiger partial charge in [-0.15, -0.1) is 0 Å². The fraction of sp³-hybridized carbons (Fsp3) is 0.152. The van der Waals surface area contributed by atoms with E-state index in [-0.39, 0.29) is 22.5 Å². The number of nitrogens with one attached hydrogen (secondary N) is 10. The highest BCUT2D eigenvalue weighted by Gasteiger charge is 2.19. The maximum Gasteiger partial charge on any atom is 0.263 e. The third-order valence-corrected chi connectivity index (χ3v) is 7.16. The Morgan fingerprint density at radius 2 is 0.745 bits per heavy atom. The molecule has 2 amide bonds. The second-order valence-electron chi connectivity index (χ2n) is 11.5. The summed E-state index contributed by atoms with van der Waals surface area (Å²) in [5.41, 5.74) is 33.1. The predicted octanol–water partition coefficient (Wildman–Crippen LogP) is 1.96. The largest absolute Gasteiger partial charge is 0.369 e. The lowest BCUT2D eigenvalue weighted by Gasteiger charge is -2.14. The van der Waals surface area contributed by atoms with Gasteiger partial charge in [-0.3, -0.25) is 31.2 Å². The minimum Gasteiger partial charge on any atom is -0.369 e. The number of amides is 2.